The number of anilines is 1. The van der Waals surface area contributed by atoms with Crippen molar-refractivity contribution in [1.82, 2.24) is 19.4 Å². The number of carbonyl (C=O) groups excluding carboxylic acids is 1. The second-order valence-electron chi connectivity index (χ2n) is 10.2. The molecule has 2 aromatic heterocycles. The van der Waals surface area contributed by atoms with Crippen LogP contribution in [-0.4, -0.2) is 56.1 Å². The van der Waals surface area contributed by atoms with Gasteiger partial charge in [0.05, 0.1) is 21.8 Å². The zero-order valence-corrected chi connectivity index (χ0v) is 23.2. The van der Waals surface area contributed by atoms with Crippen LogP contribution in [0.2, 0.25) is 5.02 Å². The number of rotatable bonds is 5. The molecule has 10 heteroatoms. The minimum Gasteiger partial charge on any atom is -0.508 e. The summed E-state index contributed by atoms with van der Waals surface area (Å²) in [6.07, 6.45) is 1.29. The van der Waals surface area contributed by atoms with Gasteiger partial charge in [0.15, 0.2) is 5.65 Å². The van der Waals surface area contributed by atoms with Gasteiger partial charge in [-0.25, -0.2) is 18.7 Å². The lowest BCUT2D eigenvalue weighted by atomic mass is 10.0. The van der Waals surface area contributed by atoms with Gasteiger partial charge in [-0.1, -0.05) is 50.2 Å². The summed E-state index contributed by atoms with van der Waals surface area (Å²) >= 11 is 6.70. The molecule has 0 aliphatic carbocycles. The van der Waals surface area contributed by atoms with Crippen LogP contribution in [0.25, 0.3) is 28.0 Å². The summed E-state index contributed by atoms with van der Waals surface area (Å²) in [5.41, 5.74) is 1.31. The minimum absolute atomic E-state index is 0.00586. The van der Waals surface area contributed by atoms with E-state index in [4.69, 9.17) is 16.6 Å². The molecule has 40 heavy (non-hydrogen) atoms. The summed E-state index contributed by atoms with van der Waals surface area (Å²) in [7, 11) is 0. The van der Waals surface area contributed by atoms with Crippen molar-refractivity contribution in [2.24, 2.45) is 0 Å². The fraction of sp³-hybridized carbons (Fsp3) is 0.267. The number of aromatic hydroxyl groups is 1. The van der Waals surface area contributed by atoms with Crippen molar-refractivity contribution in [2.45, 2.75) is 32.7 Å². The van der Waals surface area contributed by atoms with Gasteiger partial charge in [-0.15, -0.1) is 0 Å². The van der Waals surface area contributed by atoms with Crippen molar-refractivity contribution in [2.75, 3.05) is 24.5 Å². The van der Waals surface area contributed by atoms with Crippen LogP contribution in [0.15, 0.2) is 66.0 Å². The van der Waals surface area contributed by atoms with E-state index in [-0.39, 0.29) is 45.5 Å². The Hall–Kier alpha value is -4.24. The van der Waals surface area contributed by atoms with Gasteiger partial charge >= 0.3 is 5.69 Å². The Bertz CT molecular complexity index is 1700. The van der Waals surface area contributed by atoms with Gasteiger partial charge < -0.3 is 14.9 Å². The molecule has 0 saturated carbocycles. The summed E-state index contributed by atoms with van der Waals surface area (Å²) in [4.78, 5) is 39.0. The van der Waals surface area contributed by atoms with Crippen molar-refractivity contribution in [3.63, 3.8) is 0 Å². The molecule has 1 amide bonds. The highest BCUT2D eigenvalue weighted by Gasteiger charge is 2.30. The lowest BCUT2D eigenvalue weighted by Gasteiger charge is -2.40. The number of aromatic nitrogens is 3. The second kappa shape index (κ2) is 10.7. The molecule has 0 bridgehead atoms. The number of hydrogen-bond acceptors (Lipinski definition) is 6. The van der Waals surface area contributed by atoms with Gasteiger partial charge in [0.1, 0.15) is 17.4 Å². The number of para-hydroxylation sites is 1. The normalized spacial score (nSPS) is 15.6. The number of halogens is 2. The SMILES string of the molecule is C=CC(=O)N1CCN(c2nc(=O)n(-c3ccccc3C(C)C)c3nc(-c4cc(O)ccc4F)c(Cl)cc23)[C@@H](C)C1. The second-order valence-corrected chi connectivity index (χ2v) is 10.6. The van der Waals surface area contributed by atoms with Crippen molar-refractivity contribution in [3.05, 3.63) is 88.1 Å². The monoisotopic (exact) mass is 561 g/mol. The van der Waals surface area contributed by atoms with Crippen LogP contribution >= 0.6 is 11.6 Å². The van der Waals surface area contributed by atoms with E-state index >= 15 is 0 Å². The third kappa shape index (κ3) is 4.81. The Morgan fingerprint density at radius 3 is 2.62 bits per heavy atom. The predicted octanol–water partition coefficient (Wildman–Crippen LogP) is 5.29. The van der Waals surface area contributed by atoms with Crippen molar-refractivity contribution >= 4 is 34.4 Å². The average Bonchev–Trinajstić information content (AvgIpc) is 2.93. The summed E-state index contributed by atoms with van der Waals surface area (Å²) in [5.74, 6) is -0.452. The number of amides is 1. The van der Waals surface area contributed by atoms with E-state index < -0.39 is 11.5 Å². The maximum absolute atomic E-state index is 14.9. The van der Waals surface area contributed by atoms with Crippen LogP contribution in [-0.2, 0) is 4.79 Å². The lowest BCUT2D eigenvalue weighted by Crippen LogP contribution is -2.54. The molecule has 1 aliphatic heterocycles. The molecule has 0 unspecified atom stereocenters. The van der Waals surface area contributed by atoms with E-state index in [9.17, 15) is 19.1 Å². The third-order valence-electron chi connectivity index (χ3n) is 7.19. The highest BCUT2D eigenvalue weighted by Crippen LogP contribution is 2.36. The number of phenols is 1. The molecule has 2 aromatic carbocycles. The summed E-state index contributed by atoms with van der Waals surface area (Å²) in [6, 6.07) is 12.6. The number of phenolic OH excluding ortho intramolecular Hbond substituents is 1. The quantitative estimate of drug-likeness (QED) is 0.333. The smallest absolute Gasteiger partial charge is 0.355 e. The van der Waals surface area contributed by atoms with E-state index in [0.29, 0.717) is 36.5 Å². The first-order valence-corrected chi connectivity index (χ1v) is 13.4. The summed E-state index contributed by atoms with van der Waals surface area (Å²) in [6.45, 7) is 10.8. The van der Waals surface area contributed by atoms with Gasteiger partial charge in [0.25, 0.3) is 0 Å². The Labute approximate surface area is 236 Å². The number of fused-ring (bicyclic) bond motifs is 1. The van der Waals surface area contributed by atoms with Gasteiger partial charge in [0, 0.05) is 31.2 Å². The zero-order valence-electron chi connectivity index (χ0n) is 22.4. The van der Waals surface area contributed by atoms with Crippen molar-refractivity contribution < 1.29 is 14.3 Å². The third-order valence-corrected chi connectivity index (χ3v) is 7.48. The van der Waals surface area contributed by atoms with E-state index in [2.05, 4.69) is 11.6 Å². The Morgan fingerprint density at radius 2 is 1.93 bits per heavy atom. The summed E-state index contributed by atoms with van der Waals surface area (Å²) < 4.78 is 16.3. The fourth-order valence-electron chi connectivity index (χ4n) is 5.21. The number of hydrogen-bond donors (Lipinski definition) is 1. The standard InChI is InChI=1S/C30H29ClFN5O3/c1-5-26(39)35-12-13-36(18(4)16-35)28-22-15-23(31)27(21-14-19(38)10-11-24(21)32)33-29(22)37(30(40)34-28)25-9-7-6-8-20(25)17(2)3/h5-11,14-15,17-18,38H,1,12-13,16H2,2-4H3/t18-/m0/s1. The van der Waals surface area contributed by atoms with Crippen LogP contribution in [0, 0.1) is 5.82 Å². The molecule has 0 spiro atoms. The summed E-state index contributed by atoms with van der Waals surface area (Å²) in [5, 5.41) is 10.7. The lowest BCUT2D eigenvalue weighted by molar-refractivity contribution is -0.126. The molecular weight excluding hydrogens is 533 g/mol. The predicted molar refractivity (Wildman–Crippen MR) is 155 cm³/mol. The highest BCUT2D eigenvalue weighted by molar-refractivity contribution is 6.33. The maximum Gasteiger partial charge on any atom is 0.355 e. The fourth-order valence-corrected chi connectivity index (χ4v) is 5.46. The first-order chi connectivity index (χ1) is 19.1. The molecule has 1 fully saturated rings. The van der Waals surface area contributed by atoms with Crippen LogP contribution in [0.5, 0.6) is 5.75 Å². The van der Waals surface area contributed by atoms with Gasteiger partial charge in [0.2, 0.25) is 5.91 Å². The molecule has 0 radical (unpaired) electrons. The highest BCUT2D eigenvalue weighted by atomic mass is 35.5. The number of carbonyl (C=O) groups is 1. The Morgan fingerprint density at radius 1 is 1.18 bits per heavy atom. The molecule has 1 N–H and O–H groups in total. The van der Waals surface area contributed by atoms with Crippen LogP contribution in [0.4, 0.5) is 10.2 Å². The van der Waals surface area contributed by atoms with E-state index in [1.165, 1.54) is 22.8 Å². The maximum atomic E-state index is 14.9. The van der Waals surface area contributed by atoms with Crippen LogP contribution < -0.4 is 10.6 Å². The van der Waals surface area contributed by atoms with Crippen molar-refractivity contribution in [1.29, 1.82) is 0 Å². The number of nitrogens with zero attached hydrogens (tertiary/aromatic N) is 5. The number of pyridine rings is 1. The average molecular weight is 562 g/mol. The van der Waals surface area contributed by atoms with Crippen LogP contribution in [0.3, 0.4) is 0 Å². The van der Waals surface area contributed by atoms with Crippen molar-refractivity contribution in [3.8, 4) is 22.7 Å². The van der Waals surface area contributed by atoms with E-state index in [1.54, 1.807) is 11.0 Å². The van der Waals surface area contributed by atoms with E-state index in [0.717, 1.165) is 11.6 Å². The molecule has 8 nitrogen and oxygen atoms in total. The Kier molecular flexibility index (Phi) is 7.33. The molecule has 206 valence electrons. The van der Waals surface area contributed by atoms with Gasteiger partial charge in [-0.2, -0.15) is 4.98 Å². The number of piperazine rings is 1. The number of benzene rings is 2. The Balaban J connectivity index is 1.80. The molecule has 3 heterocycles. The topological polar surface area (TPSA) is 91.6 Å². The first kappa shape index (κ1) is 27.3. The minimum atomic E-state index is -0.617. The molecule has 1 saturated heterocycles. The molecule has 1 atom stereocenters. The van der Waals surface area contributed by atoms with E-state index in [1.807, 2.05) is 49.9 Å². The molecule has 5 rings (SSSR count). The zero-order chi connectivity index (χ0) is 28.7. The first-order valence-electron chi connectivity index (χ1n) is 13.0. The van der Waals surface area contributed by atoms with Crippen LogP contribution in [0.1, 0.15) is 32.3 Å². The largest absolute Gasteiger partial charge is 0.508 e. The van der Waals surface area contributed by atoms with Gasteiger partial charge in [-0.3, -0.25) is 4.79 Å². The molecule has 4 aromatic rings. The molecular formula is C30H29ClFN5O3. The molecule has 1 aliphatic rings. The van der Waals surface area contributed by atoms with Gasteiger partial charge in [-0.05, 0) is 54.8 Å².